The molecular formula is C22H26N2O2. The molecule has 0 N–H and O–H groups in total. The van der Waals surface area contributed by atoms with Crippen LogP contribution < -0.4 is 4.90 Å². The Balaban J connectivity index is 1.70. The lowest BCUT2D eigenvalue weighted by Gasteiger charge is -2.33. The molecule has 1 heterocycles. The van der Waals surface area contributed by atoms with Gasteiger partial charge in [-0.3, -0.25) is 9.59 Å². The van der Waals surface area contributed by atoms with Crippen molar-refractivity contribution >= 4 is 17.4 Å². The number of nitrogens with zero attached hydrogens (tertiary/aromatic N) is 2. The molecule has 4 nitrogen and oxygen atoms in total. The van der Waals surface area contributed by atoms with E-state index < -0.39 is 0 Å². The van der Waals surface area contributed by atoms with Crippen LogP contribution in [0.3, 0.4) is 0 Å². The SMILES string of the molecule is CN(C)c1ccccc1C(=O)N1CCC[C@@H](C(=O)Cc2ccccc2)C1. The lowest BCUT2D eigenvalue weighted by atomic mass is 9.90. The van der Waals surface area contributed by atoms with E-state index in [1.807, 2.05) is 78.5 Å². The van der Waals surface area contributed by atoms with Gasteiger partial charge in [0.05, 0.1) is 5.56 Å². The topological polar surface area (TPSA) is 40.6 Å². The van der Waals surface area contributed by atoms with Gasteiger partial charge in [-0.25, -0.2) is 0 Å². The van der Waals surface area contributed by atoms with Crippen LogP contribution in [0.15, 0.2) is 54.6 Å². The number of carbonyl (C=O) groups is 2. The molecule has 1 amide bonds. The van der Waals surface area contributed by atoms with Gasteiger partial charge in [-0.05, 0) is 30.5 Å². The molecule has 1 saturated heterocycles. The first kappa shape index (κ1) is 18.2. The summed E-state index contributed by atoms with van der Waals surface area (Å²) < 4.78 is 0. The number of hydrogen-bond donors (Lipinski definition) is 0. The van der Waals surface area contributed by atoms with E-state index >= 15 is 0 Å². The monoisotopic (exact) mass is 350 g/mol. The van der Waals surface area contributed by atoms with Crippen LogP contribution in [0.2, 0.25) is 0 Å². The summed E-state index contributed by atoms with van der Waals surface area (Å²) in [7, 11) is 3.88. The molecule has 1 aliphatic heterocycles. The summed E-state index contributed by atoms with van der Waals surface area (Å²) in [6.07, 6.45) is 2.19. The highest BCUT2D eigenvalue weighted by Crippen LogP contribution is 2.24. The number of carbonyl (C=O) groups excluding carboxylic acids is 2. The maximum atomic E-state index is 13.0. The van der Waals surface area contributed by atoms with Crippen molar-refractivity contribution in [1.29, 1.82) is 0 Å². The lowest BCUT2D eigenvalue weighted by molar-refractivity contribution is -0.123. The molecule has 26 heavy (non-hydrogen) atoms. The number of piperidine rings is 1. The maximum absolute atomic E-state index is 13.0. The predicted octanol–water partition coefficient (Wildman–Crippen LogP) is 3.42. The van der Waals surface area contributed by atoms with Gasteiger partial charge in [0.15, 0.2) is 0 Å². The van der Waals surface area contributed by atoms with E-state index in [4.69, 9.17) is 0 Å². The predicted molar refractivity (Wildman–Crippen MR) is 105 cm³/mol. The van der Waals surface area contributed by atoms with E-state index in [2.05, 4.69) is 0 Å². The first-order chi connectivity index (χ1) is 12.6. The van der Waals surface area contributed by atoms with Crippen LogP contribution in [0.25, 0.3) is 0 Å². The van der Waals surface area contributed by atoms with Crippen molar-refractivity contribution in [3.8, 4) is 0 Å². The Labute approximate surface area is 155 Å². The molecule has 0 bridgehead atoms. The van der Waals surface area contributed by atoms with Crippen LogP contribution in [-0.4, -0.2) is 43.8 Å². The fraction of sp³-hybridized carbons (Fsp3) is 0.364. The molecule has 1 fully saturated rings. The van der Waals surface area contributed by atoms with Crippen LogP contribution in [0, 0.1) is 5.92 Å². The lowest BCUT2D eigenvalue weighted by Crippen LogP contribution is -2.43. The second-order valence-corrected chi connectivity index (χ2v) is 7.13. The number of likely N-dealkylation sites (tertiary alicyclic amines) is 1. The molecule has 0 saturated carbocycles. The number of benzene rings is 2. The minimum absolute atomic E-state index is 0.0199. The van der Waals surface area contributed by atoms with Crippen LogP contribution in [0.1, 0.15) is 28.8 Å². The molecule has 0 aliphatic carbocycles. The average molecular weight is 350 g/mol. The maximum Gasteiger partial charge on any atom is 0.255 e. The fourth-order valence-corrected chi connectivity index (χ4v) is 3.58. The van der Waals surface area contributed by atoms with E-state index in [1.165, 1.54) is 0 Å². The van der Waals surface area contributed by atoms with Crippen LogP contribution in [0.4, 0.5) is 5.69 Å². The number of amides is 1. The molecular weight excluding hydrogens is 324 g/mol. The van der Waals surface area contributed by atoms with Crippen molar-refractivity contribution in [3.05, 3.63) is 65.7 Å². The summed E-state index contributed by atoms with van der Waals surface area (Å²) >= 11 is 0. The Hall–Kier alpha value is -2.62. The van der Waals surface area contributed by atoms with Crippen molar-refractivity contribution in [2.24, 2.45) is 5.92 Å². The summed E-state index contributed by atoms with van der Waals surface area (Å²) in [6, 6.07) is 17.5. The Morgan fingerprint density at radius 3 is 2.46 bits per heavy atom. The number of ketones is 1. The van der Waals surface area contributed by atoms with Gasteiger partial charge in [-0.2, -0.15) is 0 Å². The molecule has 4 heteroatoms. The molecule has 0 radical (unpaired) electrons. The third kappa shape index (κ3) is 4.13. The molecule has 136 valence electrons. The second-order valence-electron chi connectivity index (χ2n) is 7.13. The Morgan fingerprint density at radius 2 is 1.73 bits per heavy atom. The van der Waals surface area contributed by atoms with E-state index in [0.717, 1.165) is 30.6 Å². The van der Waals surface area contributed by atoms with Gasteiger partial charge in [0, 0.05) is 45.2 Å². The number of Topliss-reactive ketones (excluding diaryl/α,β-unsaturated/α-hetero) is 1. The van der Waals surface area contributed by atoms with E-state index in [-0.39, 0.29) is 17.6 Å². The highest BCUT2D eigenvalue weighted by Gasteiger charge is 2.29. The zero-order chi connectivity index (χ0) is 18.5. The summed E-state index contributed by atoms with van der Waals surface area (Å²) in [6.45, 7) is 1.24. The number of para-hydroxylation sites is 1. The Kier molecular flexibility index (Phi) is 5.71. The van der Waals surface area contributed by atoms with Crippen LogP contribution in [-0.2, 0) is 11.2 Å². The second kappa shape index (κ2) is 8.17. The van der Waals surface area contributed by atoms with Crippen molar-refractivity contribution < 1.29 is 9.59 Å². The van der Waals surface area contributed by atoms with Gasteiger partial charge in [0.1, 0.15) is 5.78 Å². The normalized spacial score (nSPS) is 17.0. The van der Waals surface area contributed by atoms with Gasteiger partial charge in [0.2, 0.25) is 0 Å². The fourth-order valence-electron chi connectivity index (χ4n) is 3.58. The molecule has 2 aromatic rings. The first-order valence-electron chi connectivity index (χ1n) is 9.18. The number of anilines is 1. The van der Waals surface area contributed by atoms with E-state index in [0.29, 0.717) is 18.5 Å². The molecule has 2 aromatic carbocycles. The zero-order valence-electron chi connectivity index (χ0n) is 15.5. The molecule has 0 aromatic heterocycles. The van der Waals surface area contributed by atoms with Gasteiger partial charge >= 0.3 is 0 Å². The highest BCUT2D eigenvalue weighted by molar-refractivity contribution is 6.00. The molecule has 1 aliphatic rings. The summed E-state index contributed by atoms with van der Waals surface area (Å²) in [5.41, 5.74) is 2.66. The van der Waals surface area contributed by atoms with Gasteiger partial charge < -0.3 is 9.80 Å². The summed E-state index contributed by atoms with van der Waals surface area (Å²) in [4.78, 5) is 29.5. The van der Waals surface area contributed by atoms with Crippen LogP contribution in [0.5, 0.6) is 0 Å². The number of hydrogen-bond acceptors (Lipinski definition) is 3. The van der Waals surface area contributed by atoms with Crippen molar-refractivity contribution in [2.75, 3.05) is 32.1 Å². The van der Waals surface area contributed by atoms with Crippen LogP contribution >= 0.6 is 0 Å². The zero-order valence-corrected chi connectivity index (χ0v) is 15.5. The van der Waals surface area contributed by atoms with E-state index in [1.54, 1.807) is 0 Å². The minimum Gasteiger partial charge on any atom is -0.377 e. The molecule has 0 unspecified atom stereocenters. The summed E-state index contributed by atoms with van der Waals surface area (Å²) in [5, 5.41) is 0. The smallest absolute Gasteiger partial charge is 0.255 e. The van der Waals surface area contributed by atoms with Gasteiger partial charge in [-0.15, -0.1) is 0 Å². The molecule has 0 spiro atoms. The molecule has 3 rings (SSSR count). The third-order valence-corrected chi connectivity index (χ3v) is 5.00. The minimum atomic E-state index is -0.0700. The average Bonchev–Trinajstić information content (AvgIpc) is 2.68. The standard InChI is InChI=1S/C22H26N2O2/c1-23(2)20-13-7-6-12-19(20)22(26)24-14-8-11-18(16-24)21(25)15-17-9-4-3-5-10-17/h3-7,9-10,12-13,18H,8,11,14-16H2,1-2H3/t18-/m1/s1. The number of rotatable bonds is 5. The Bertz CT molecular complexity index is 771. The summed E-state index contributed by atoms with van der Waals surface area (Å²) in [5.74, 6) is 0.181. The highest BCUT2D eigenvalue weighted by atomic mass is 16.2. The van der Waals surface area contributed by atoms with E-state index in [9.17, 15) is 9.59 Å². The van der Waals surface area contributed by atoms with Gasteiger partial charge in [0.25, 0.3) is 5.91 Å². The first-order valence-corrected chi connectivity index (χ1v) is 9.18. The van der Waals surface area contributed by atoms with Crippen molar-refractivity contribution in [2.45, 2.75) is 19.3 Å². The quantitative estimate of drug-likeness (QED) is 0.830. The third-order valence-electron chi connectivity index (χ3n) is 5.00. The van der Waals surface area contributed by atoms with Crippen molar-refractivity contribution in [3.63, 3.8) is 0 Å². The Morgan fingerprint density at radius 1 is 1.04 bits per heavy atom. The van der Waals surface area contributed by atoms with Gasteiger partial charge in [-0.1, -0.05) is 42.5 Å². The molecule has 1 atom stereocenters. The van der Waals surface area contributed by atoms with Crippen molar-refractivity contribution in [1.82, 2.24) is 4.90 Å². The largest absolute Gasteiger partial charge is 0.377 e.